The summed E-state index contributed by atoms with van der Waals surface area (Å²) < 4.78 is 5.10. The van der Waals surface area contributed by atoms with Crippen LogP contribution in [-0.2, 0) is 9.53 Å². The minimum atomic E-state index is -0.598. The molecule has 2 unspecified atom stereocenters. The van der Waals surface area contributed by atoms with E-state index in [1.54, 1.807) is 6.07 Å². The van der Waals surface area contributed by atoms with E-state index in [9.17, 15) is 14.9 Å². The van der Waals surface area contributed by atoms with Gasteiger partial charge in [-0.3, -0.25) is 19.9 Å². The molecule has 1 aromatic carbocycles. The number of nitrogens with zero attached hydrogens (tertiary/aromatic N) is 3. The molecule has 2 heterocycles. The van der Waals surface area contributed by atoms with Crippen LogP contribution in [0.5, 0.6) is 0 Å². The maximum absolute atomic E-state index is 12.1. The van der Waals surface area contributed by atoms with E-state index in [1.807, 2.05) is 12.5 Å². The number of amidine groups is 1. The predicted molar refractivity (Wildman–Crippen MR) is 90.5 cm³/mol. The number of carbonyl (C=O) groups excluding carboxylic acids is 1. The first kappa shape index (κ1) is 16.0. The Morgan fingerprint density at radius 3 is 2.78 bits per heavy atom. The molecule has 1 fully saturated rings. The highest BCUT2D eigenvalue weighted by atomic mass is 32.2. The molecule has 0 spiro atoms. The molecule has 2 aliphatic rings. The van der Waals surface area contributed by atoms with Gasteiger partial charge in [0.15, 0.2) is 5.17 Å². The fourth-order valence-electron chi connectivity index (χ4n) is 2.63. The molecule has 2 aliphatic heterocycles. The summed E-state index contributed by atoms with van der Waals surface area (Å²) in [5.41, 5.74) is 1.28. The summed E-state index contributed by atoms with van der Waals surface area (Å²) >= 11 is 2.84. The lowest BCUT2D eigenvalue weighted by Gasteiger charge is -2.23. The first-order chi connectivity index (χ1) is 11.0. The number of hydrogen-bond donors (Lipinski definition) is 0. The number of cyclic esters (lactones) is 1. The van der Waals surface area contributed by atoms with Crippen molar-refractivity contribution in [2.75, 3.05) is 19.1 Å². The first-order valence-electron chi connectivity index (χ1n) is 6.73. The minimum absolute atomic E-state index is 0.0193. The van der Waals surface area contributed by atoms with Crippen molar-refractivity contribution in [2.45, 2.75) is 10.9 Å². The van der Waals surface area contributed by atoms with Gasteiger partial charge in [-0.25, -0.2) is 4.99 Å². The summed E-state index contributed by atoms with van der Waals surface area (Å²) in [6, 6.07) is 4.10. The van der Waals surface area contributed by atoms with E-state index >= 15 is 0 Å². The van der Waals surface area contributed by atoms with Crippen molar-refractivity contribution >= 4 is 46.1 Å². The number of hydrogen-bond acceptors (Lipinski definition) is 8. The van der Waals surface area contributed by atoms with Gasteiger partial charge in [-0.15, -0.1) is 11.8 Å². The predicted octanol–water partition coefficient (Wildman–Crippen LogP) is 2.70. The third kappa shape index (κ3) is 2.86. The SMILES string of the molecule is CSC1=NC(c2cc([N+](=O)[O-])ccc2SC)C2C(=O)OCC2=N1. The Labute approximate surface area is 140 Å². The topological polar surface area (TPSA) is 94.2 Å². The molecule has 1 saturated heterocycles. The van der Waals surface area contributed by atoms with Crippen LogP contribution in [0, 0.1) is 16.0 Å². The molecule has 7 nitrogen and oxygen atoms in total. The maximum atomic E-state index is 12.1. The van der Waals surface area contributed by atoms with Crippen molar-refractivity contribution in [1.82, 2.24) is 0 Å². The molecule has 0 aliphatic carbocycles. The van der Waals surface area contributed by atoms with Gasteiger partial charge in [0.05, 0.1) is 16.7 Å². The number of thioether (sulfide) groups is 2. The number of nitro groups is 1. The highest BCUT2D eigenvalue weighted by Gasteiger charge is 2.44. The Balaban J connectivity index is 2.13. The molecule has 0 amide bonds. The average Bonchev–Trinajstić information content (AvgIpc) is 2.94. The monoisotopic (exact) mass is 351 g/mol. The third-order valence-corrected chi connectivity index (χ3v) is 5.08. The van der Waals surface area contributed by atoms with Gasteiger partial charge >= 0.3 is 5.97 Å². The molecule has 9 heteroatoms. The highest BCUT2D eigenvalue weighted by Crippen LogP contribution is 2.40. The van der Waals surface area contributed by atoms with E-state index in [1.165, 1.54) is 35.7 Å². The van der Waals surface area contributed by atoms with Crippen molar-refractivity contribution in [3.8, 4) is 0 Å². The second-order valence-corrected chi connectivity index (χ2v) is 6.55. The van der Waals surface area contributed by atoms with Gasteiger partial charge in [0, 0.05) is 17.0 Å². The summed E-state index contributed by atoms with van der Waals surface area (Å²) in [5, 5.41) is 11.6. The lowest BCUT2D eigenvalue weighted by molar-refractivity contribution is -0.385. The molecule has 0 saturated carbocycles. The molecule has 0 radical (unpaired) electrons. The number of non-ortho nitro benzene ring substituents is 1. The average molecular weight is 351 g/mol. The van der Waals surface area contributed by atoms with E-state index in [4.69, 9.17) is 4.74 Å². The van der Waals surface area contributed by atoms with Crippen molar-refractivity contribution in [3.05, 3.63) is 33.9 Å². The van der Waals surface area contributed by atoms with Crippen molar-refractivity contribution in [1.29, 1.82) is 0 Å². The fourth-order valence-corrected chi connectivity index (χ4v) is 3.68. The van der Waals surface area contributed by atoms with Gasteiger partial charge in [-0.2, -0.15) is 0 Å². The van der Waals surface area contributed by atoms with E-state index in [-0.39, 0.29) is 18.3 Å². The number of nitro benzene ring substituents is 1. The van der Waals surface area contributed by atoms with E-state index < -0.39 is 16.9 Å². The van der Waals surface area contributed by atoms with Crippen LogP contribution in [0.1, 0.15) is 11.6 Å². The van der Waals surface area contributed by atoms with Gasteiger partial charge in [-0.05, 0) is 24.1 Å². The summed E-state index contributed by atoms with van der Waals surface area (Å²) in [6.45, 7) is 0.156. The number of ether oxygens (including phenoxy) is 1. The number of fused-ring (bicyclic) bond motifs is 1. The van der Waals surface area contributed by atoms with Crippen LogP contribution in [0.2, 0.25) is 0 Å². The molecule has 1 aromatic rings. The van der Waals surface area contributed by atoms with Crippen LogP contribution in [0.3, 0.4) is 0 Å². The number of esters is 1. The standard InChI is InChI=1S/C14H13N3O4S2/c1-22-10-4-3-7(17(19)20)5-8(10)12-11-9(6-21-13(11)18)15-14(16-12)23-2/h3-5,11-12H,6H2,1-2H3. The van der Waals surface area contributed by atoms with Crippen LogP contribution in [0.15, 0.2) is 33.1 Å². The van der Waals surface area contributed by atoms with E-state index in [0.717, 1.165) is 4.90 Å². The van der Waals surface area contributed by atoms with Crippen molar-refractivity contribution in [2.24, 2.45) is 15.9 Å². The third-order valence-electron chi connectivity index (χ3n) is 3.71. The fraction of sp³-hybridized carbons (Fsp3) is 0.357. The summed E-state index contributed by atoms with van der Waals surface area (Å²) in [6.07, 6.45) is 3.73. The first-order valence-corrected chi connectivity index (χ1v) is 9.18. The summed E-state index contributed by atoms with van der Waals surface area (Å²) in [5.74, 6) is -0.977. The zero-order valence-corrected chi connectivity index (χ0v) is 14.0. The van der Waals surface area contributed by atoms with E-state index in [2.05, 4.69) is 9.98 Å². The normalized spacial score (nSPS) is 23.0. The molecule has 0 N–H and O–H groups in total. The molecule has 120 valence electrons. The van der Waals surface area contributed by atoms with Gasteiger partial charge < -0.3 is 4.74 Å². The molecular formula is C14H13N3O4S2. The van der Waals surface area contributed by atoms with Gasteiger partial charge in [-0.1, -0.05) is 11.8 Å². The Morgan fingerprint density at radius 1 is 1.35 bits per heavy atom. The molecule has 2 atom stereocenters. The Morgan fingerprint density at radius 2 is 2.13 bits per heavy atom. The van der Waals surface area contributed by atoms with Crippen LogP contribution >= 0.6 is 23.5 Å². The molecule has 0 aromatic heterocycles. The molecule has 0 bridgehead atoms. The Hall–Kier alpha value is -1.87. The zero-order chi connectivity index (χ0) is 16.6. The number of benzene rings is 1. The van der Waals surface area contributed by atoms with Crippen LogP contribution in [0.25, 0.3) is 0 Å². The zero-order valence-electron chi connectivity index (χ0n) is 12.4. The lowest BCUT2D eigenvalue weighted by atomic mass is 9.90. The number of aliphatic imine (C=N–C) groups is 2. The van der Waals surface area contributed by atoms with E-state index in [0.29, 0.717) is 16.4 Å². The number of rotatable bonds is 3. The molecule has 3 rings (SSSR count). The Kier molecular flexibility index (Phi) is 4.40. The van der Waals surface area contributed by atoms with Crippen molar-refractivity contribution < 1.29 is 14.5 Å². The highest BCUT2D eigenvalue weighted by molar-refractivity contribution is 8.13. The summed E-state index contributed by atoms with van der Waals surface area (Å²) in [4.78, 5) is 32.5. The number of carbonyl (C=O) groups is 1. The largest absolute Gasteiger partial charge is 0.459 e. The van der Waals surface area contributed by atoms with Crippen LogP contribution < -0.4 is 0 Å². The molecule has 23 heavy (non-hydrogen) atoms. The maximum Gasteiger partial charge on any atom is 0.317 e. The summed E-state index contributed by atoms with van der Waals surface area (Å²) in [7, 11) is 0. The minimum Gasteiger partial charge on any atom is -0.459 e. The van der Waals surface area contributed by atoms with Gasteiger partial charge in [0.2, 0.25) is 0 Å². The van der Waals surface area contributed by atoms with Crippen LogP contribution in [-0.4, -0.2) is 40.9 Å². The van der Waals surface area contributed by atoms with Crippen LogP contribution in [0.4, 0.5) is 5.69 Å². The van der Waals surface area contributed by atoms with Gasteiger partial charge in [0.25, 0.3) is 5.69 Å². The van der Waals surface area contributed by atoms with Gasteiger partial charge in [0.1, 0.15) is 12.5 Å². The van der Waals surface area contributed by atoms with Crippen molar-refractivity contribution in [3.63, 3.8) is 0 Å². The molecular weight excluding hydrogens is 338 g/mol. The quantitative estimate of drug-likeness (QED) is 0.360. The Bertz CT molecular complexity index is 748. The lowest BCUT2D eigenvalue weighted by Crippen LogP contribution is -2.28. The smallest absolute Gasteiger partial charge is 0.317 e. The second kappa shape index (κ2) is 6.32. The second-order valence-electron chi connectivity index (χ2n) is 4.93.